The Morgan fingerprint density at radius 3 is 2.48 bits per heavy atom. The molecule has 1 atom stereocenters. The Kier molecular flexibility index (Phi) is 7.49. The first-order valence-electron chi connectivity index (χ1n) is 10.7. The average molecular weight is 400 g/mol. The van der Waals surface area contributed by atoms with Gasteiger partial charge in [-0.3, -0.25) is 14.6 Å². The first kappa shape index (κ1) is 21.1. The fraction of sp³-hybridized carbons (Fsp3) is 0.591. The number of guanidine groups is 1. The van der Waals surface area contributed by atoms with E-state index in [1.807, 2.05) is 36.1 Å². The third kappa shape index (κ3) is 5.71. The molecule has 1 aliphatic heterocycles. The third-order valence-electron chi connectivity index (χ3n) is 5.78. The molecule has 1 aliphatic carbocycles. The van der Waals surface area contributed by atoms with Crippen molar-refractivity contribution in [3.63, 3.8) is 0 Å². The maximum atomic E-state index is 12.6. The quantitative estimate of drug-likeness (QED) is 0.504. The summed E-state index contributed by atoms with van der Waals surface area (Å²) in [6.07, 6.45) is 5.42. The SMILES string of the molecule is CCNC(=O)c1ccc(CNC(=NC)NC2CCN(C(=O)C3CCCC3)C2)cc1. The van der Waals surface area contributed by atoms with E-state index in [0.29, 0.717) is 24.6 Å². The molecule has 3 N–H and O–H groups in total. The van der Waals surface area contributed by atoms with Crippen molar-refractivity contribution in [2.24, 2.45) is 10.9 Å². The topological polar surface area (TPSA) is 85.8 Å². The molecule has 29 heavy (non-hydrogen) atoms. The molecule has 2 fully saturated rings. The van der Waals surface area contributed by atoms with Gasteiger partial charge in [0.25, 0.3) is 5.91 Å². The van der Waals surface area contributed by atoms with Crippen LogP contribution < -0.4 is 16.0 Å². The summed E-state index contributed by atoms with van der Waals surface area (Å²) in [6.45, 7) is 4.72. The van der Waals surface area contributed by atoms with Gasteiger partial charge in [-0.1, -0.05) is 25.0 Å². The van der Waals surface area contributed by atoms with Crippen LogP contribution in [0, 0.1) is 5.92 Å². The van der Waals surface area contributed by atoms with E-state index in [-0.39, 0.29) is 17.9 Å². The van der Waals surface area contributed by atoms with Crippen LogP contribution in [-0.4, -0.2) is 55.4 Å². The summed E-state index contributed by atoms with van der Waals surface area (Å²) in [6, 6.07) is 7.79. The smallest absolute Gasteiger partial charge is 0.251 e. The van der Waals surface area contributed by atoms with Gasteiger partial charge in [-0.2, -0.15) is 0 Å². The van der Waals surface area contributed by atoms with E-state index < -0.39 is 0 Å². The molecule has 1 aromatic rings. The lowest BCUT2D eigenvalue weighted by Crippen LogP contribution is -2.45. The highest BCUT2D eigenvalue weighted by atomic mass is 16.2. The number of nitrogens with zero attached hydrogens (tertiary/aromatic N) is 2. The van der Waals surface area contributed by atoms with Crippen molar-refractivity contribution >= 4 is 17.8 Å². The molecule has 0 bridgehead atoms. The van der Waals surface area contributed by atoms with Gasteiger partial charge in [0, 0.05) is 50.7 Å². The normalized spacial score (nSPS) is 20.0. The minimum absolute atomic E-state index is 0.0533. The first-order valence-corrected chi connectivity index (χ1v) is 10.7. The fourth-order valence-electron chi connectivity index (χ4n) is 4.12. The molecule has 0 spiro atoms. The average Bonchev–Trinajstić information content (AvgIpc) is 3.43. The van der Waals surface area contributed by atoms with Gasteiger partial charge < -0.3 is 20.9 Å². The summed E-state index contributed by atoms with van der Waals surface area (Å²) >= 11 is 0. The van der Waals surface area contributed by atoms with Gasteiger partial charge in [-0.15, -0.1) is 0 Å². The number of hydrogen-bond acceptors (Lipinski definition) is 3. The van der Waals surface area contributed by atoms with Gasteiger partial charge in [0.05, 0.1) is 0 Å². The van der Waals surface area contributed by atoms with Crippen molar-refractivity contribution < 1.29 is 9.59 Å². The second-order valence-electron chi connectivity index (χ2n) is 7.88. The monoisotopic (exact) mass is 399 g/mol. The van der Waals surface area contributed by atoms with Crippen molar-refractivity contribution in [2.45, 2.75) is 51.6 Å². The Balaban J connectivity index is 1.45. The van der Waals surface area contributed by atoms with Crippen LogP contribution in [0.4, 0.5) is 0 Å². The summed E-state index contributed by atoms with van der Waals surface area (Å²) in [5.41, 5.74) is 1.74. The first-order chi connectivity index (χ1) is 14.1. The predicted molar refractivity (Wildman–Crippen MR) is 115 cm³/mol. The predicted octanol–water partition coefficient (Wildman–Crippen LogP) is 1.89. The lowest BCUT2D eigenvalue weighted by Gasteiger charge is -2.21. The van der Waals surface area contributed by atoms with Gasteiger partial charge in [0.1, 0.15) is 0 Å². The molecule has 7 heteroatoms. The number of amides is 2. The summed E-state index contributed by atoms with van der Waals surface area (Å²) in [4.78, 5) is 30.8. The fourth-order valence-corrected chi connectivity index (χ4v) is 4.12. The second-order valence-corrected chi connectivity index (χ2v) is 7.88. The molecule has 1 saturated carbocycles. The second kappa shape index (κ2) is 10.3. The number of benzene rings is 1. The largest absolute Gasteiger partial charge is 0.352 e. The van der Waals surface area contributed by atoms with Crippen LogP contribution in [0.1, 0.15) is 54.9 Å². The summed E-state index contributed by atoms with van der Waals surface area (Å²) < 4.78 is 0. The Bertz CT molecular complexity index is 725. The van der Waals surface area contributed by atoms with Crippen LogP contribution in [0.25, 0.3) is 0 Å². The third-order valence-corrected chi connectivity index (χ3v) is 5.78. The maximum Gasteiger partial charge on any atom is 0.251 e. The molecule has 1 unspecified atom stereocenters. The molecular formula is C22H33N5O2. The van der Waals surface area contributed by atoms with Gasteiger partial charge in [-0.05, 0) is 43.9 Å². The standard InChI is InChI=1S/C22H33N5O2/c1-3-24-20(28)17-10-8-16(9-11-17)14-25-22(23-2)26-19-12-13-27(15-19)21(29)18-6-4-5-7-18/h8-11,18-19H,3-7,12-15H2,1-2H3,(H,24,28)(H2,23,25,26). The van der Waals surface area contributed by atoms with Gasteiger partial charge in [0.15, 0.2) is 5.96 Å². The zero-order valence-electron chi connectivity index (χ0n) is 17.5. The van der Waals surface area contributed by atoms with Gasteiger partial charge in [-0.25, -0.2) is 0 Å². The highest BCUT2D eigenvalue weighted by molar-refractivity contribution is 5.94. The number of nitrogens with one attached hydrogen (secondary N) is 3. The van der Waals surface area contributed by atoms with E-state index in [4.69, 9.17) is 0 Å². The lowest BCUT2D eigenvalue weighted by molar-refractivity contribution is -0.134. The van der Waals surface area contributed by atoms with Crippen molar-refractivity contribution in [1.82, 2.24) is 20.9 Å². The number of aliphatic imine (C=N–C) groups is 1. The highest BCUT2D eigenvalue weighted by Gasteiger charge is 2.32. The maximum absolute atomic E-state index is 12.6. The minimum atomic E-state index is -0.0533. The molecule has 3 rings (SSSR count). The summed E-state index contributed by atoms with van der Waals surface area (Å²) in [5.74, 6) is 1.26. The van der Waals surface area contributed by atoms with E-state index in [9.17, 15) is 9.59 Å². The number of hydrogen-bond donors (Lipinski definition) is 3. The van der Waals surface area contributed by atoms with Crippen molar-refractivity contribution in [2.75, 3.05) is 26.7 Å². The van der Waals surface area contributed by atoms with Crippen molar-refractivity contribution in [1.29, 1.82) is 0 Å². The molecule has 0 aromatic heterocycles. The molecule has 2 aliphatic rings. The van der Waals surface area contributed by atoms with Crippen LogP contribution in [0.2, 0.25) is 0 Å². The number of rotatable bonds is 6. The Labute approximate surface area is 173 Å². The van der Waals surface area contributed by atoms with E-state index in [0.717, 1.165) is 43.9 Å². The molecule has 158 valence electrons. The van der Waals surface area contributed by atoms with Crippen molar-refractivity contribution in [3.05, 3.63) is 35.4 Å². The molecular weight excluding hydrogens is 366 g/mol. The van der Waals surface area contributed by atoms with E-state index in [2.05, 4.69) is 20.9 Å². The van der Waals surface area contributed by atoms with Crippen LogP contribution in [0.3, 0.4) is 0 Å². The van der Waals surface area contributed by atoms with Crippen LogP contribution in [0.5, 0.6) is 0 Å². The van der Waals surface area contributed by atoms with E-state index in [1.165, 1.54) is 12.8 Å². The summed E-state index contributed by atoms with van der Waals surface area (Å²) in [5, 5.41) is 9.56. The molecule has 2 amide bonds. The van der Waals surface area contributed by atoms with E-state index in [1.54, 1.807) is 7.05 Å². The van der Waals surface area contributed by atoms with E-state index >= 15 is 0 Å². The molecule has 7 nitrogen and oxygen atoms in total. The lowest BCUT2D eigenvalue weighted by atomic mass is 10.1. The Hall–Kier alpha value is -2.57. The molecule has 0 radical (unpaired) electrons. The molecule has 1 heterocycles. The minimum Gasteiger partial charge on any atom is -0.352 e. The van der Waals surface area contributed by atoms with Crippen LogP contribution in [0.15, 0.2) is 29.3 Å². The van der Waals surface area contributed by atoms with Crippen LogP contribution in [-0.2, 0) is 11.3 Å². The highest BCUT2D eigenvalue weighted by Crippen LogP contribution is 2.27. The molecule has 1 saturated heterocycles. The number of likely N-dealkylation sites (tertiary alicyclic amines) is 1. The zero-order chi connectivity index (χ0) is 20.6. The Morgan fingerprint density at radius 2 is 1.83 bits per heavy atom. The molecule has 1 aromatic carbocycles. The van der Waals surface area contributed by atoms with Gasteiger partial charge in [0.2, 0.25) is 5.91 Å². The van der Waals surface area contributed by atoms with Crippen molar-refractivity contribution in [3.8, 4) is 0 Å². The number of carbonyl (C=O) groups excluding carboxylic acids is 2. The van der Waals surface area contributed by atoms with Crippen LogP contribution >= 0.6 is 0 Å². The van der Waals surface area contributed by atoms with Gasteiger partial charge >= 0.3 is 0 Å². The number of carbonyl (C=O) groups is 2. The Morgan fingerprint density at radius 1 is 1.10 bits per heavy atom. The zero-order valence-corrected chi connectivity index (χ0v) is 17.5. The summed E-state index contributed by atoms with van der Waals surface area (Å²) in [7, 11) is 1.75.